The third kappa shape index (κ3) is 14.8. The molecule has 0 heterocycles. The lowest BCUT2D eigenvalue weighted by Gasteiger charge is -2.01. The first-order valence-electron chi connectivity index (χ1n) is 7.04. The molecule has 18 heavy (non-hydrogen) atoms. The summed E-state index contributed by atoms with van der Waals surface area (Å²) in [6.07, 6.45) is 13.1. The number of ether oxygens (including phenoxy) is 1. The first kappa shape index (κ1) is 16.8. The number of esters is 1. The van der Waals surface area contributed by atoms with Crippen LogP contribution >= 0.6 is 0 Å². The minimum absolute atomic E-state index is 0.179. The standard InChI is InChI=1S/C16H26O2/c1-3-4-5-6-7-8-9-10-11-12-13-14-15-18-16(2)17/h5-6H,3-4,9-15H2,1-2H3. The molecule has 0 N–H and O–H groups in total. The Labute approximate surface area is 112 Å². The van der Waals surface area contributed by atoms with E-state index in [9.17, 15) is 4.79 Å². The van der Waals surface area contributed by atoms with E-state index in [0.717, 1.165) is 25.7 Å². The van der Waals surface area contributed by atoms with Gasteiger partial charge in [-0.05, 0) is 25.3 Å². The van der Waals surface area contributed by atoms with Crippen LogP contribution in [0.4, 0.5) is 0 Å². The summed E-state index contributed by atoms with van der Waals surface area (Å²) in [6, 6.07) is 0. The molecule has 2 nitrogen and oxygen atoms in total. The number of rotatable bonds is 9. The van der Waals surface area contributed by atoms with E-state index in [4.69, 9.17) is 4.74 Å². The Morgan fingerprint density at radius 1 is 1.17 bits per heavy atom. The summed E-state index contributed by atoms with van der Waals surface area (Å²) >= 11 is 0. The van der Waals surface area contributed by atoms with E-state index in [2.05, 4.69) is 24.8 Å². The van der Waals surface area contributed by atoms with Gasteiger partial charge in [-0.3, -0.25) is 4.79 Å². The van der Waals surface area contributed by atoms with Crippen molar-refractivity contribution in [1.29, 1.82) is 0 Å². The molecule has 0 aliphatic carbocycles. The molecule has 2 heteroatoms. The van der Waals surface area contributed by atoms with Crippen LogP contribution in [-0.2, 0) is 9.53 Å². The normalized spacial score (nSPS) is 10.1. The molecule has 0 aromatic rings. The highest BCUT2D eigenvalue weighted by molar-refractivity contribution is 5.65. The number of hydrogen-bond donors (Lipinski definition) is 0. The van der Waals surface area contributed by atoms with E-state index in [1.54, 1.807) is 0 Å². The Bertz CT molecular complexity index is 281. The molecule has 102 valence electrons. The van der Waals surface area contributed by atoms with Gasteiger partial charge < -0.3 is 4.74 Å². The van der Waals surface area contributed by atoms with Crippen LogP contribution in [0.15, 0.2) is 12.2 Å². The maximum absolute atomic E-state index is 10.5. The molecule has 0 aliphatic heterocycles. The molecule has 0 fully saturated rings. The average molecular weight is 250 g/mol. The summed E-state index contributed by atoms with van der Waals surface area (Å²) in [4.78, 5) is 10.5. The number of carbonyl (C=O) groups is 1. The maximum atomic E-state index is 10.5. The minimum Gasteiger partial charge on any atom is -0.466 e. The van der Waals surface area contributed by atoms with E-state index in [1.165, 1.54) is 32.6 Å². The summed E-state index contributed by atoms with van der Waals surface area (Å²) in [5, 5.41) is 0. The van der Waals surface area contributed by atoms with Crippen molar-refractivity contribution in [2.24, 2.45) is 0 Å². The van der Waals surface area contributed by atoms with Crippen LogP contribution in [0.25, 0.3) is 0 Å². The molecule has 0 atom stereocenters. The average Bonchev–Trinajstić information content (AvgIpc) is 2.34. The van der Waals surface area contributed by atoms with Gasteiger partial charge >= 0.3 is 5.97 Å². The predicted molar refractivity (Wildman–Crippen MR) is 76.2 cm³/mol. The Hall–Kier alpha value is -1.23. The van der Waals surface area contributed by atoms with Gasteiger partial charge in [0.2, 0.25) is 0 Å². The van der Waals surface area contributed by atoms with Crippen molar-refractivity contribution in [1.82, 2.24) is 0 Å². The second-order valence-electron chi connectivity index (χ2n) is 4.37. The van der Waals surface area contributed by atoms with Crippen LogP contribution in [0.1, 0.15) is 65.2 Å². The molecule has 0 aromatic carbocycles. The van der Waals surface area contributed by atoms with Crippen molar-refractivity contribution in [3.8, 4) is 11.8 Å². The topological polar surface area (TPSA) is 26.3 Å². The number of unbranched alkanes of at least 4 members (excludes halogenated alkanes) is 6. The first-order valence-corrected chi connectivity index (χ1v) is 7.04. The van der Waals surface area contributed by atoms with Crippen LogP contribution in [0, 0.1) is 11.8 Å². The molecule has 0 saturated carbocycles. The van der Waals surface area contributed by atoms with Crippen LogP contribution in [0.3, 0.4) is 0 Å². The number of allylic oxidation sites excluding steroid dienone is 2. The molecule has 0 amide bonds. The first-order chi connectivity index (χ1) is 8.77. The smallest absolute Gasteiger partial charge is 0.302 e. The van der Waals surface area contributed by atoms with Gasteiger partial charge in [0.15, 0.2) is 0 Å². The van der Waals surface area contributed by atoms with Gasteiger partial charge in [-0.25, -0.2) is 0 Å². The van der Waals surface area contributed by atoms with Crippen molar-refractivity contribution in [3.63, 3.8) is 0 Å². The van der Waals surface area contributed by atoms with E-state index < -0.39 is 0 Å². The van der Waals surface area contributed by atoms with Crippen LogP contribution in [0.2, 0.25) is 0 Å². The fourth-order valence-electron chi connectivity index (χ4n) is 1.50. The fraction of sp³-hybridized carbons (Fsp3) is 0.688. The third-order valence-electron chi connectivity index (χ3n) is 2.51. The van der Waals surface area contributed by atoms with Crippen LogP contribution in [0.5, 0.6) is 0 Å². The van der Waals surface area contributed by atoms with Crippen LogP contribution < -0.4 is 0 Å². The largest absolute Gasteiger partial charge is 0.466 e. The second kappa shape index (κ2) is 13.8. The predicted octanol–water partition coefficient (Wildman–Crippen LogP) is 4.25. The molecule has 0 rings (SSSR count). The quantitative estimate of drug-likeness (QED) is 0.347. The number of hydrogen-bond acceptors (Lipinski definition) is 2. The Balaban J connectivity index is 3.18. The zero-order valence-electron chi connectivity index (χ0n) is 11.8. The van der Waals surface area contributed by atoms with E-state index in [1.807, 2.05) is 6.08 Å². The van der Waals surface area contributed by atoms with Crippen molar-refractivity contribution < 1.29 is 9.53 Å². The number of carbonyl (C=O) groups excluding carboxylic acids is 1. The summed E-state index contributed by atoms with van der Waals surface area (Å²) in [5.74, 6) is 6.03. The van der Waals surface area contributed by atoms with E-state index in [-0.39, 0.29) is 5.97 Å². The lowest BCUT2D eigenvalue weighted by molar-refractivity contribution is -0.141. The fourth-order valence-corrected chi connectivity index (χ4v) is 1.50. The van der Waals surface area contributed by atoms with Crippen molar-refractivity contribution >= 4 is 5.97 Å². The van der Waals surface area contributed by atoms with E-state index >= 15 is 0 Å². The molecule has 0 bridgehead atoms. The lowest BCUT2D eigenvalue weighted by Crippen LogP contribution is -1.99. The minimum atomic E-state index is -0.179. The van der Waals surface area contributed by atoms with Gasteiger partial charge in [0, 0.05) is 13.3 Å². The molecule has 0 saturated heterocycles. The van der Waals surface area contributed by atoms with E-state index in [0.29, 0.717) is 6.61 Å². The maximum Gasteiger partial charge on any atom is 0.302 e. The molecular weight excluding hydrogens is 224 g/mol. The van der Waals surface area contributed by atoms with Gasteiger partial charge in [0.25, 0.3) is 0 Å². The Kier molecular flexibility index (Phi) is 12.9. The molecule has 0 aliphatic rings. The molecule has 0 spiro atoms. The summed E-state index contributed by atoms with van der Waals surface area (Å²) in [5.41, 5.74) is 0. The Morgan fingerprint density at radius 2 is 1.89 bits per heavy atom. The third-order valence-corrected chi connectivity index (χ3v) is 2.51. The molecule has 0 aromatic heterocycles. The van der Waals surface area contributed by atoms with Crippen molar-refractivity contribution in [2.75, 3.05) is 6.61 Å². The molecule has 0 unspecified atom stereocenters. The monoisotopic (exact) mass is 250 g/mol. The van der Waals surface area contributed by atoms with Gasteiger partial charge in [0.05, 0.1) is 6.61 Å². The highest BCUT2D eigenvalue weighted by atomic mass is 16.5. The highest BCUT2D eigenvalue weighted by Gasteiger charge is 1.93. The van der Waals surface area contributed by atoms with Gasteiger partial charge in [-0.2, -0.15) is 0 Å². The van der Waals surface area contributed by atoms with Gasteiger partial charge in [-0.1, -0.05) is 50.5 Å². The summed E-state index contributed by atoms with van der Waals surface area (Å²) in [6.45, 7) is 4.18. The van der Waals surface area contributed by atoms with Crippen molar-refractivity contribution in [3.05, 3.63) is 12.2 Å². The van der Waals surface area contributed by atoms with Gasteiger partial charge in [0.1, 0.15) is 0 Å². The van der Waals surface area contributed by atoms with Crippen LogP contribution in [-0.4, -0.2) is 12.6 Å². The zero-order valence-corrected chi connectivity index (χ0v) is 11.8. The summed E-state index contributed by atoms with van der Waals surface area (Å²) < 4.78 is 4.86. The highest BCUT2D eigenvalue weighted by Crippen LogP contribution is 2.05. The Morgan fingerprint density at radius 3 is 2.61 bits per heavy atom. The van der Waals surface area contributed by atoms with Crippen molar-refractivity contribution in [2.45, 2.75) is 65.2 Å². The molecular formula is C16H26O2. The second-order valence-corrected chi connectivity index (χ2v) is 4.37. The summed E-state index contributed by atoms with van der Waals surface area (Å²) in [7, 11) is 0. The lowest BCUT2D eigenvalue weighted by atomic mass is 10.1. The van der Waals surface area contributed by atoms with Gasteiger partial charge in [-0.15, -0.1) is 0 Å². The zero-order chi connectivity index (χ0) is 13.5. The SMILES string of the molecule is CCCC=CC#CCCCCCCCOC(C)=O. The molecule has 0 radical (unpaired) electrons.